The zero-order valence-electron chi connectivity index (χ0n) is 15.3. The molecule has 0 aliphatic carbocycles. The van der Waals surface area contributed by atoms with Crippen LogP contribution in [0.4, 0.5) is 0 Å². The van der Waals surface area contributed by atoms with Gasteiger partial charge in [0, 0.05) is 12.4 Å². The van der Waals surface area contributed by atoms with Crippen molar-refractivity contribution in [1.82, 2.24) is 9.97 Å². The van der Waals surface area contributed by atoms with Crippen LogP contribution < -0.4 is 5.73 Å². The van der Waals surface area contributed by atoms with Gasteiger partial charge in [-0.3, -0.25) is 4.79 Å². The molecule has 4 heteroatoms. The maximum atomic E-state index is 12.5. The first-order chi connectivity index (χ1) is 12.2. The van der Waals surface area contributed by atoms with Crippen LogP contribution in [-0.2, 0) is 16.6 Å². The third-order valence-corrected chi connectivity index (χ3v) is 4.98. The lowest BCUT2D eigenvalue weighted by molar-refractivity contribution is -0.124. The van der Waals surface area contributed by atoms with Crippen LogP contribution in [-0.4, -0.2) is 15.9 Å². The molecule has 1 aromatic heterocycles. The molecule has 2 rings (SSSR count). The Labute approximate surface area is 151 Å². The lowest BCUT2D eigenvalue weighted by Crippen LogP contribution is -2.44. The Balaban J connectivity index is 2.05. The van der Waals surface area contributed by atoms with Gasteiger partial charge in [-0.2, -0.15) is 0 Å². The summed E-state index contributed by atoms with van der Waals surface area (Å²) >= 11 is 0. The minimum atomic E-state index is -0.756. The maximum absolute atomic E-state index is 12.5. The van der Waals surface area contributed by atoms with Crippen LogP contribution in [0.1, 0.15) is 69.7 Å². The molecular formula is C21H31N3O. The lowest BCUT2D eigenvalue weighted by atomic mass is 9.75. The van der Waals surface area contributed by atoms with Crippen LogP contribution in [0, 0.1) is 0 Å². The van der Waals surface area contributed by atoms with Gasteiger partial charge >= 0.3 is 0 Å². The Morgan fingerprint density at radius 2 is 1.76 bits per heavy atom. The average Bonchev–Trinajstić information content (AvgIpc) is 3.15. The number of aromatic nitrogens is 2. The number of imidazole rings is 1. The average molecular weight is 341 g/mol. The van der Waals surface area contributed by atoms with Crippen molar-refractivity contribution in [2.75, 3.05) is 0 Å². The van der Waals surface area contributed by atoms with Gasteiger partial charge in [-0.25, -0.2) is 4.98 Å². The van der Waals surface area contributed by atoms with E-state index in [1.807, 2.05) is 30.3 Å². The van der Waals surface area contributed by atoms with Crippen LogP contribution in [0.2, 0.25) is 0 Å². The minimum Gasteiger partial charge on any atom is -0.369 e. The van der Waals surface area contributed by atoms with E-state index < -0.39 is 5.41 Å². The summed E-state index contributed by atoms with van der Waals surface area (Å²) in [6.07, 6.45) is 13.3. The van der Waals surface area contributed by atoms with Crippen molar-refractivity contribution in [2.45, 2.75) is 70.1 Å². The Morgan fingerprint density at radius 1 is 1.08 bits per heavy atom. The van der Waals surface area contributed by atoms with Gasteiger partial charge in [0.15, 0.2) is 0 Å². The molecule has 0 aliphatic rings. The van der Waals surface area contributed by atoms with E-state index in [0.29, 0.717) is 12.2 Å². The predicted molar refractivity (Wildman–Crippen MR) is 102 cm³/mol. The van der Waals surface area contributed by atoms with Gasteiger partial charge < -0.3 is 10.7 Å². The number of nitrogens with zero attached hydrogens (tertiary/aromatic N) is 1. The number of nitrogens with one attached hydrogen (secondary N) is 1. The van der Waals surface area contributed by atoms with Gasteiger partial charge in [0.25, 0.3) is 0 Å². The molecule has 4 nitrogen and oxygen atoms in total. The van der Waals surface area contributed by atoms with E-state index in [-0.39, 0.29) is 5.91 Å². The van der Waals surface area contributed by atoms with Crippen molar-refractivity contribution in [1.29, 1.82) is 0 Å². The fourth-order valence-electron chi connectivity index (χ4n) is 3.47. The third kappa shape index (κ3) is 5.45. The Hall–Kier alpha value is -2.10. The highest BCUT2D eigenvalue weighted by atomic mass is 16.1. The molecule has 0 fully saturated rings. The van der Waals surface area contributed by atoms with Gasteiger partial charge in [-0.1, -0.05) is 82.2 Å². The molecule has 0 saturated heterocycles. The second kappa shape index (κ2) is 10.0. The molecule has 0 radical (unpaired) electrons. The molecule has 25 heavy (non-hydrogen) atoms. The van der Waals surface area contributed by atoms with Crippen molar-refractivity contribution < 1.29 is 4.79 Å². The largest absolute Gasteiger partial charge is 0.369 e. The van der Waals surface area contributed by atoms with Gasteiger partial charge in [0.2, 0.25) is 5.91 Å². The normalized spacial score (nSPS) is 13.5. The second-order valence-electron chi connectivity index (χ2n) is 6.92. The highest BCUT2D eigenvalue weighted by Gasteiger charge is 2.40. The summed E-state index contributed by atoms with van der Waals surface area (Å²) in [6, 6.07) is 10.1. The van der Waals surface area contributed by atoms with E-state index in [9.17, 15) is 4.79 Å². The summed E-state index contributed by atoms with van der Waals surface area (Å²) in [4.78, 5) is 20.0. The summed E-state index contributed by atoms with van der Waals surface area (Å²) in [6.45, 7) is 2.23. The Bertz CT molecular complexity index is 609. The fourth-order valence-corrected chi connectivity index (χ4v) is 3.47. The monoisotopic (exact) mass is 341 g/mol. The summed E-state index contributed by atoms with van der Waals surface area (Å²) in [7, 11) is 0. The molecule has 3 N–H and O–H groups in total. The van der Waals surface area contributed by atoms with E-state index in [4.69, 9.17) is 5.73 Å². The number of carbonyl (C=O) groups is 1. The van der Waals surface area contributed by atoms with Crippen molar-refractivity contribution in [3.8, 4) is 0 Å². The molecule has 0 bridgehead atoms. The minimum absolute atomic E-state index is 0.294. The number of unbranched alkanes of at least 4 members (excludes halogenated alkanes) is 6. The number of primary amides is 1. The summed E-state index contributed by atoms with van der Waals surface area (Å²) in [5, 5.41) is 0. The number of carbonyl (C=O) groups excluding carboxylic acids is 1. The van der Waals surface area contributed by atoms with E-state index >= 15 is 0 Å². The highest BCUT2D eigenvalue weighted by molar-refractivity contribution is 5.86. The second-order valence-corrected chi connectivity index (χ2v) is 6.92. The molecular weight excluding hydrogens is 310 g/mol. The van der Waals surface area contributed by atoms with E-state index in [2.05, 4.69) is 16.9 Å². The molecule has 136 valence electrons. The molecule has 0 saturated carbocycles. The van der Waals surface area contributed by atoms with Crippen molar-refractivity contribution >= 4 is 5.91 Å². The van der Waals surface area contributed by atoms with E-state index in [0.717, 1.165) is 24.8 Å². The third-order valence-electron chi connectivity index (χ3n) is 4.98. The fraction of sp³-hybridized carbons (Fsp3) is 0.524. The molecule has 1 atom stereocenters. The Kier molecular flexibility index (Phi) is 7.71. The number of aromatic amines is 1. The predicted octanol–water partition coefficient (Wildman–Crippen LogP) is 4.52. The summed E-state index contributed by atoms with van der Waals surface area (Å²) in [5.74, 6) is 0.395. The van der Waals surface area contributed by atoms with Crippen LogP contribution in [0.3, 0.4) is 0 Å². The molecule has 1 amide bonds. The number of hydrogen-bond donors (Lipinski definition) is 2. The van der Waals surface area contributed by atoms with Gasteiger partial charge in [-0.05, 0) is 18.4 Å². The van der Waals surface area contributed by atoms with Gasteiger partial charge in [-0.15, -0.1) is 0 Å². The number of nitrogens with two attached hydrogens (primary N) is 1. The quantitative estimate of drug-likeness (QED) is 0.557. The van der Waals surface area contributed by atoms with Crippen LogP contribution in [0.15, 0.2) is 42.7 Å². The zero-order valence-corrected chi connectivity index (χ0v) is 15.3. The smallest absolute Gasteiger partial charge is 0.231 e. The number of benzene rings is 1. The first kappa shape index (κ1) is 19.2. The van der Waals surface area contributed by atoms with Crippen molar-refractivity contribution in [2.24, 2.45) is 5.73 Å². The SMILES string of the molecule is CCCCCCCCCC(Cc1ccccc1)(C(N)=O)c1ncc[nH]1. The first-order valence-electron chi connectivity index (χ1n) is 9.53. The highest BCUT2D eigenvalue weighted by Crippen LogP contribution is 2.32. The zero-order chi connectivity index (χ0) is 18.0. The van der Waals surface area contributed by atoms with Crippen LogP contribution in [0.5, 0.6) is 0 Å². The molecule has 0 spiro atoms. The Morgan fingerprint density at radius 3 is 2.36 bits per heavy atom. The number of amides is 1. The standard InChI is InChI=1S/C21H31N3O/c1-2-3-4-5-6-7-11-14-21(19(22)25,20-23-15-16-24-20)17-18-12-9-8-10-13-18/h8-10,12-13,15-16H,2-7,11,14,17H2,1H3,(H2,22,25)(H,23,24). The van der Waals surface area contributed by atoms with Gasteiger partial charge in [0.1, 0.15) is 11.2 Å². The molecule has 1 unspecified atom stereocenters. The van der Waals surface area contributed by atoms with Crippen molar-refractivity contribution in [3.63, 3.8) is 0 Å². The first-order valence-corrected chi connectivity index (χ1v) is 9.53. The number of hydrogen-bond acceptors (Lipinski definition) is 2. The maximum Gasteiger partial charge on any atom is 0.231 e. The molecule has 2 aromatic rings. The molecule has 1 heterocycles. The topological polar surface area (TPSA) is 71.8 Å². The van der Waals surface area contributed by atoms with E-state index in [1.165, 1.54) is 32.1 Å². The van der Waals surface area contributed by atoms with E-state index in [1.54, 1.807) is 12.4 Å². The van der Waals surface area contributed by atoms with Gasteiger partial charge in [0.05, 0.1) is 0 Å². The van der Waals surface area contributed by atoms with Crippen LogP contribution in [0.25, 0.3) is 0 Å². The molecule has 1 aromatic carbocycles. The summed E-state index contributed by atoms with van der Waals surface area (Å²) in [5.41, 5.74) is 6.25. The number of rotatable bonds is 12. The lowest BCUT2D eigenvalue weighted by Gasteiger charge is -2.29. The van der Waals surface area contributed by atoms with Crippen molar-refractivity contribution in [3.05, 3.63) is 54.1 Å². The number of H-pyrrole nitrogens is 1. The van der Waals surface area contributed by atoms with Crippen LogP contribution >= 0.6 is 0 Å². The molecule has 0 aliphatic heterocycles. The summed E-state index contributed by atoms with van der Waals surface area (Å²) < 4.78 is 0.